The molecule has 0 radical (unpaired) electrons. The van der Waals surface area contributed by atoms with Crippen LogP contribution in [-0.4, -0.2) is 33.4 Å². The highest BCUT2D eigenvalue weighted by Crippen LogP contribution is 2.33. The van der Waals surface area contributed by atoms with Gasteiger partial charge in [-0.2, -0.15) is 0 Å². The van der Waals surface area contributed by atoms with E-state index >= 15 is 0 Å². The van der Waals surface area contributed by atoms with Crippen LogP contribution in [0.3, 0.4) is 0 Å². The van der Waals surface area contributed by atoms with Crippen LogP contribution in [0.5, 0.6) is 5.75 Å². The summed E-state index contributed by atoms with van der Waals surface area (Å²) >= 11 is 0. The molecule has 0 unspecified atom stereocenters. The Hall–Kier alpha value is -2.86. The van der Waals surface area contributed by atoms with Crippen molar-refractivity contribution in [3.63, 3.8) is 0 Å². The summed E-state index contributed by atoms with van der Waals surface area (Å²) in [4.78, 5) is 29.4. The fourth-order valence-corrected chi connectivity index (χ4v) is 3.31. The number of phenols is 1. The molecular formula is C21H24ClN3O3. The molecular weight excluding hydrogens is 378 g/mol. The van der Waals surface area contributed by atoms with Crippen LogP contribution in [0.15, 0.2) is 30.3 Å². The molecule has 0 atom stereocenters. The Morgan fingerprint density at radius 3 is 2.50 bits per heavy atom. The van der Waals surface area contributed by atoms with E-state index in [9.17, 15) is 14.7 Å². The molecule has 1 aromatic heterocycles. The predicted molar refractivity (Wildman–Crippen MR) is 112 cm³/mol. The fraction of sp³-hybridized carbons (Fsp3) is 0.286. The SMILES string of the molecule is CNC(=O)c1cc2c(nc(C)n2C)c(O)c1CCC(=O)c1ccccc1C.Cl. The molecule has 0 saturated carbocycles. The number of aryl methyl sites for hydroxylation is 3. The van der Waals surface area contributed by atoms with Gasteiger partial charge in [-0.1, -0.05) is 24.3 Å². The molecule has 0 bridgehead atoms. The maximum Gasteiger partial charge on any atom is 0.251 e. The number of nitrogens with zero attached hydrogens (tertiary/aromatic N) is 2. The smallest absolute Gasteiger partial charge is 0.251 e. The van der Waals surface area contributed by atoms with E-state index in [1.165, 1.54) is 0 Å². The Bertz CT molecular complexity index is 1060. The van der Waals surface area contributed by atoms with Gasteiger partial charge >= 0.3 is 0 Å². The van der Waals surface area contributed by atoms with E-state index in [0.717, 1.165) is 11.4 Å². The fourth-order valence-electron chi connectivity index (χ4n) is 3.31. The Kier molecular flexibility index (Phi) is 6.46. The van der Waals surface area contributed by atoms with E-state index in [0.29, 0.717) is 27.7 Å². The van der Waals surface area contributed by atoms with E-state index in [2.05, 4.69) is 10.3 Å². The second kappa shape index (κ2) is 8.44. The minimum atomic E-state index is -0.301. The monoisotopic (exact) mass is 401 g/mol. The second-order valence-corrected chi connectivity index (χ2v) is 6.65. The molecule has 1 amide bonds. The Labute approximate surface area is 170 Å². The number of phenolic OH excluding ortho intramolecular Hbond substituents is 1. The highest BCUT2D eigenvalue weighted by atomic mass is 35.5. The minimum Gasteiger partial charge on any atom is -0.505 e. The standard InChI is InChI=1S/C21H23N3O3.ClH/c1-12-7-5-6-8-14(12)18(25)10-9-15-16(21(27)22-3)11-17-19(20(15)26)23-13(2)24(17)4;/h5-8,11,26H,9-10H2,1-4H3,(H,22,27);1H. The molecule has 0 aliphatic rings. The number of aromatic nitrogens is 2. The van der Waals surface area contributed by atoms with Crippen molar-refractivity contribution in [1.82, 2.24) is 14.9 Å². The molecule has 7 heteroatoms. The highest BCUT2D eigenvalue weighted by Gasteiger charge is 2.22. The largest absolute Gasteiger partial charge is 0.505 e. The van der Waals surface area contributed by atoms with Crippen LogP contribution >= 0.6 is 12.4 Å². The molecule has 2 N–H and O–H groups in total. The van der Waals surface area contributed by atoms with Crippen LogP contribution in [0.4, 0.5) is 0 Å². The molecule has 0 aliphatic heterocycles. The van der Waals surface area contributed by atoms with Gasteiger partial charge in [0.15, 0.2) is 5.78 Å². The lowest BCUT2D eigenvalue weighted by Gasteiger charge is -2.12. The van der Waals surface area contributed by atoms with E-state index in [-0.39, 0.29) is 42.7 Å². The van der Waals surface area contributed by atoms with Gasteiger partial charge in [-0.15, -0.1) is 12.4 Å². The van der Waals surface area contributed by atoms with Crippen molar-refractivity contribution in [3.05, 3.63) is 58.4 Å². The van der Waals surface area contributed by atoms with Gasteiger partial charge in [0.25, 0.3) is 5.91 Å². The first-order valence-electron chi connectivity index (χ1n) is 8.84. The number of carbonyl (C=O) groups excluding carboxylic acids is 2. The third kappa shape index (κ3) is 3.73. The first-order valence-corrected chi connectivity index (χ1v) is 8.84. The summed E-state index contributed by atoms with van der Waals surface area (Å²) in [5, 5.41) is 13.4. The summed E-state index contributed by atoms with van der Waals surface area (Å²) in [6.45, 7) is 3.73. The normalized spacial score (nSPS) is 10.6. The summed E-state index contributed by atoms with van der Waals surface area (Å²) in [7, 11) is 3.37. The number of hydrogen-bond donors (Lipinski definition) is 2. The molecule has 0 saturated heterocycles. The van der Waals surface area contributed by atoms with Crippen molar-refractivity contribution in [1.29, 1.82) is 0 Å². The second-order valence-electron chi connectivity index (χ2n) is 6.65. The lowest BCUT2D eigenvalue weighted by molar-refractivity contribution is 0.0954. The predicted octanol–water partition coefficient (Wildman–Crippen LogP) is 3.49. The van der Waals surface area contributed by atoms with Crippen LogP contribution in [0, 0.1) is 13.8 Å². The number of benzene rings is 2. The number of nitrogens with one attached hydrogen (secondary N) is 1. The quantitative estimate of drug-likeness (QED) is 0.641. The van der Waals surface area contributed by atoms with Crippen molar-refractivity contribution < 1.29 is 14.7 Å². The zero-order valence-electron chi connectivity index (χ0n) is 16.4. The molecule has 0 aliphatic carbocycles. The summed E-state index contributed by atoms with van der Waals surface area (Å²) < 4.78 is 1.82. The van der Waals surface area contributed by atoms with Gasteiger partial charge < -0.3 is 15.0 Å². The zero-order valence-corrected chi connectivity index (χ0v) is 17.2. The Balaban J connectivity index is 0.00000280. The van der Waals surface area contributed by atoms with Gasteiger partial charge in [-0.3, -0.25) is 9.59 Å². The first-order chi connectivity index (χ1) is 12.8. The Morgan fingerprint density at radius 1 is 1.18 bits per heavy atom. The molecule has 3 aromatic rings. The lowest BCUT2D eigenvalue weighted by Crippen LogP contribution is -2.20. The van der Waals surface area contributed by atoms with E-state index < -0.39 is 0 Å². The minimum absolute atomic E-state index is 0. The summed E-state index contributed by atoms with van der Waals surface area (Å²) in [6, 6.07) is 9.13. The van der Waals surface area contributed by atoms with Crippen molar-refractivity contribution in [3.8, 4) is 5.75 Å². The first kappa shape index (κ1) is 21.4. The van der Waals surface area contributed by atoms with Gasteiger partial charge in [0, 0.05) is 37.2 Å². The number of fused-ring (bicyclic) bond motifs is 1. The van der Waals surface area contributed by atoms with Crippen LogP contribution < -0.4 is 5.32 Å². The summed E-state index contributed by atoms with van der Waals surface area (Å²) in [6.07, 6.45) is 0.451. The highest BCUT2D eigenvalue weighted by molar-refractivity contribution is 6.02. The van der Waals surface area contributed by atoms with Crippen molar-refractivity contribution in [2.75, 3.05) is 7.05 Å². The maximum absolute atomic E-state index is 12.6. The molecule has 6 nitrogen and oxygen atoms in total. The van der Waals surface area contributed by atoms with Crippen LogP contribution in [0.2, 0.25) is 0 Å². The summed E-state index contributed by atoms with van der Waals surface area (Å²) in [5.41, 5.74) is 3.51. The van der Waals surface area contributed by atoms with Gasteiger partial charge in [0.05, 0.1) is 5.52 Å². The molecule has 0 spiro atoms. The number of Topliss-reactive ketones (excluding diaryl/α,β-unsaturated/α-hetero) is 1. The number of rotatable bonds is 5. The van der Waals surface area contributed by atoms with Crippen LogP contribution in [0.1, 0.15) is 44.1 Å². The maximum atomic E-state index is 12.6. The number of hydrogen-bond acceptors (Lipinski definition) is 4. The molecule has 148 valence electrons. The average molecular weight is 402 g/mol. The van der Waals surface area contributed by atoms with Gasteiger partial charge in [0.2, 0.25) is 0 Å². The van der Waals surface area contributed by atoms with Crippen molar-refractivity contribution in [2.45, 2.75) is 26.7 Å². The lowest BCUT2D eigenvalue weighted by atomic mass is 9.95. The van der Waals surface area contributed by atoms with Crippen molar-refractivity contribution >= 4 is 35.1 Å². The zero-order chi connectivity index (χ0) is 19.7. The Morgan fingerprint density at radius 2 is 1.86 bits per heavy atom. The van der Waals surface area contributed by atoms with Crippen molar-refractivity contribution in [2.24, 2.45) is 7.05 Å². The number of imidazole rings is 1. The van der Waals surface area contributed by atoms with E-state index in [1.54, 1.807) is 19.2 Å². The molecule has 28 heavy (non-hydrogen) atoms. The van der Waals surface area contributed by atoms with Crippen LogP contribution in [0.25, 0.3) is 11.0 Å². The van der Waals surface area contributed by atoms with Crippen LogP contribution in [-0.2, 0) is 13.5 Å². The number of halogens is 1. The van der Waals surface area contributed by atoms with E-state index in [1.807, 2.05) is 43.7 Å². The molecule has 0 fully saturated rings. The molecule has 3 rings (SSSR count). The van der Waals surface area contributed by atoms with E-state index in [4.69, 9.17) is 0 Å². The number of aromatic hydroxyl groups is 1. The molecule has 1 heterocycles. The summed E-state index contributed by atoms with van der Waals surface area (Å²) in [5.74, 6) is 0.376. The molecule has 2 aromatic carbocycles. The number of amides is 1. The third-order valence-corrected chi connectivity index (χ3v) is 5.00. The number of carbonyl (C=O) groups is 2. The van der Waals surface area contributed by atoms with Gasteiger partial charge in [0.1, 0.15) is 17.1 Å². The number of ketones is 1. The topological polar surface area (TPSA) is 84.2 Å². The third-order valence-electron chi connectivity index (χ3n) is 5.00. The van der Waals surface area contributed by atoms with Gasteiger partial charge in [-0.05, 0) is 31.9 Å². The average Bonchev–Trinajstić information content (AvgIpc) is 2.95. The van der Waals surface area contributed by atoms with Gasteiger partial charge in [-0.25, -0.2) is 4.98 Å².